The summed E-state index contributed by atoms with van der Waals surface area (Å²) in [6.45, 7) is 4.13. The smallest absolute Gasteiger partial charge is 0.172 e. The molecule has 0 saturated heterocycles. The van der Waals surface area contributed by atoms with E-state index in [1.807, 2.05) is 18.3 Å². The monoisotopic (exact) mass is 258 g/mol. The molecule has 1 aliphatic carbocycles. The second-order valence-corrected chi connectivity index (χ2v) is 5.91. The zero-order valence-electron chi connectivity index (χ0n) is 10.5. The molecule has 0 fully saturated rings. The maximum absolute atomic E-state index is 4.82. The van der Waals surface area contributed by atoms with Gasteiger partial charge in [-0.15, -0.1) is 21.5 Å². The molecule has 0 amide bonds. The molecule has 1 aliphatic rings. The van der Waals surface area contributed by atoms with Crippen LogP contribution in [0.4, 0.5) is 0 Å². The summed E-state index contributed by atoms with van der Waals surface area (Å²) in [7, 11) is 0. The first kappa shape index (κ1) is 10.4. The van der Waals surface area contributed by atoms with Crippen LogP contribution in [0.1, 0.15) is 35.4 Å². The molecule has 0 spiro atoms. The minimum atomic E-state index is 0.911. The van der Waals surface area contributed by atoms with Crippen LogP contribution in [0.2, 0.25) is 0 Å². The van der Waals surface area contributed by atoms with Gasteiger partial charge in [0.05, 0.1) is 5.39 Å². The number of aryl methyl sites for hydroxylation is 4. The van der Waals surface area contributed by atoms with Crippen molar-refractivity contribution in [2.45, 2.75) is 39.5 Å². The fraction of sp³-hybridized carbons (Fsp3) is 0.462. The van der Waals surface area contributed by atoms with E-state index in [0.717, 1.165) is 28.5 Å². The quantitative estimate of drug-likeness (QED) is 0.674. The van der Waals surface area contributed by atoms with Crippen LogP contribution >= 0.6 is 11.3 Å². The molecule has 0 aromatic carbocycles. The van der Waals surface area contributed by atoms with Crippen LogP contribution < -0.4 is 0 Å². The van der Waals surface area contributed by atoms with Crippen molar-refractivity contribution in [3.8, 4) is 0 Å². The molecule has 92 valence electrons. The van der Waals surface area contributed by atoms with Crippen molar-refractivity contribution >= 4 is 27.2 Å². The normalized spacial score (nSPS) is 14.8. The molecule has 0 unspecified atom stereocenters. The van der Waals surface area contributed by atoms with E-state index in [-0.39, 0.29) is 0 Å². The molecule has 4 nitrogen and oxygen atoms in total. The molecular weight excluding hydrogens is 244 g/mol. The topological polar surface area (TPSA) is 43.1 Å². The van der Waals surface area contributed by atoms with Crippen molar-refractivity contribution in [2.24, 2.45) is 0 Å². The fourth-order valence-corrected chi connectivity index (χ4v) is 4.21. The third-order valence-corrected chi connectivity index (χ3v) is 4.94. The van der Waals surface area contributed by atoms with Crippen LogP contribution in [0.3, 0.4) is 0 Å². The van der Waals surface area contributed by atoms with Gasteiger partial charge in [0.2, 0.25) is 0 Å². The van der Waals surface area contributed by atoms with Gasteiger partial charge in [-0.3, -0.25) is 4.40 Å². The third kappa shape index (κ3) is 1.17. The Labute approximate surface area is 109 Å². The Morgan fingerprint density at radius 3 is 3.00 bits per heavy atom. The van der Waals surface area contributed by atoms with Gasteiger partial charge in [-0.05, 0) is 31.7 Å². The van der Waals surface area contributed by atoms with E-state index in [2.05, 4.69) is 21.5 Å². The van der Waals surface area contributed by atoms with Crippen molar-refractivity contribution in [3.05, 3.63) is 22.1 Å². The second kappa shape index (κ2) is 3.51. The maximum atomic E-state index is 4.82. The highest BCUT2D eigenvalue weighted by Gasteiger charge is 2.23. The highest BCUT2D eigenvalue weighted by Crippen LogP contribution is 2.38. The molecule has 18 heavy (non-hydrogen) atoms. The van der Waals surface area contributed by atoms with Crippen molar-refractivity contribution in [3.63, 3.8) is 0 Å². The summed E-state index contributed by atoms with van der Waals surface area (Å²) in [4.78, 5) is 7.48. The van der Waals surface area contributed by atoms with Crippen LogP contribution in [-0.2, 0) is 19.3 Å². The van der Waals surface area contributed by atoms with Crippen LogP contribution in [0.15, 0.2) is 0 Å². The number of nitrogens with zero attached hydrogens (tertiary/aromatic N) is 4. The zero-order chi connectivity index (χ0) is 12.3. The number of fused-ring (bicyclic) bond motifs is 5. The van der Waals surface area contributed by atoms with Gasteiger partial charge in [0.15, 0.2) is 5.65 Å². The summed E-state index contributed by atoms with van der Waals surface area (Å²) in [6.07, 6.45) is 4.56. The van der Waals surface area contributed by atoms with Crippen molar-refractivity contribution in [1.29, 1.82) is 0 Å². The zero-order valence-corrected chi connectivity index (χ0v) is 11.3. The first-order valence-electron chi connectivity index (χ1n) is 6.44. The van der Waals surface area contributed by atoms with E-state index in [1.165, 1.54) is 35.1 Å². The number of thiophene rings is 1. The van der Waals surface area contributed by atoms with E-state index in [0.29, 0.717) is 0 Å². The summed E-state index contributed by atoms with van der Waals surface area (Å²) in [6, 6.07) is 0. The molecule has 3 aromatic rings. The fourth-order valence-electron chi connectivity index (χ4n) is 2.94. The van der Waals surface area contributed by atoms with E-state index in [9.17, 15) is 0 Å². The summed E-state index contributed by atoms with van der Waals surface area (Å²) in [5.41, 5.74) is 2.48. The number of hydrogen-bond donors (Lipinski definition) is 0. The molecule has 3 aromatic heterocycles. The molecule has 0 N–H and O–H groups in total. The first-order chi connectivity index (χ1) is 8.79. The predicted molar refractivity (Wildman–Crippen MR) is 72.3 cm³/mol. The molecular formula is C13H14N4S. The highest BCUT2D eigenvalue weighted by molar-refractivity contribution is 7.19. The molecule has 0 atom stereocenters. The SMILES string of the molecule is CCc1nc2sc3c(c2c2nnc(C)n12)CCC3. The lowest BCUT2D eigenvalue weighted by molar-refractivity contribution is 0.877. The van der Waals surface area contributed by atoms with E-state index in [4.69, 9.17) is 4.98 Å². The molecule has 0 radical (unpaired) electrons. The maximum Gasteiger partial charge on any atom is 0.172 e. The Kier molecular flexibility index (Phi) is 2.03. The minimum Gasteiger partial charge on any atom is -0.266 e. The molecule has 0 bridgehead atoms. The van der Waals surface area contributed by atoms with Gasteiger partial charge < -0.3 is 0 Å². The van der Waals surface area contributed by atoms with Crippen molar-refractivity contribution in [2.75, 3.05) is 0 Å². The van der Waals surface area contributed by atoms with Gasteiger partial charge >= 0.3 is 0 Å². The van der Waals surface area contributed by atoms with Gasteiger partial charge in [0, 0.05) is 11.3 Å². The molecule has 5 heteroatoms. The third-order valence-electron chi connectivity index (χ3n) is 3.76. The van der Waals surface area contributed by atoms with E-state index < -0.39 is 0 Å². The standard InChI is InChI=1S/C13H14N4S/c1-3-10-14-13-11(8-5-4-6-9(8)18-13)12-16-15-7(2)17(10)12/h3-6H2,1-2H3. The lowest BCUT2D eigenvalue weighted by Gasteiger charge is -2.04. The lowest BCUT2D eigenvalue weighted by atomic mass is 10.2. The largest absolute Gasteiger partial charge is 0.266 e. The summed E-state index contributed by atoms with van der Waals surface area (Å²) < 4.78 is 2.12. The van der Waals surface area contributed by atoms with Crippen LogP contribution in [0.5, 0.6) is 0 Å². The van der Waals surface area contributed by atoms with E-state index >= 15 is 0 Å². The Bertz CT molecular complexity index is 768. The van der Waals surface area contributed by atoms with Crippen molar-refractivity contribution in [1.82, 2.24) is 19.6 Å². The lowest BCUT2D eigenvalue weighted by Crippen LogP contribution is -2.01. The van der Waals surface area contributed by atoms with Crippen LogP contribution in [0, 0.1) is 6.92 Å². The molecule has 4 rings (SSSR count). The second-order valence-electron chi connectivity index (χ2n) is 4.83. The minimum absolute atomic E-state index is 0.911. The molecule has 0 aliphatic heterocycles. The molecule has 3 heterocycles. The Balaban J connectivity index is 2.24. The van der Waals surface area contributed by atoms with Gasteiger partial charge in [-0.25, -0.2) is 4.98 Å². The Morgan fingerprint density at radius 2 is 2.17 bits per heavy atom. The number of aromatic nitrogens is 4. The van der Waals surface area contributed by atoms with E-state index in [1.54, 1.807) is 0 Å². The summed E-state index contributed by atoms with van der Waals surface area (Å²) >= 11 is 1.85. The highest BCUT2D eigenvalue weighted by atomic mass is 32.1. The average Bonchev–Trinajstić information content (AvgIpc) is 3.02. The number of hydrogen-bond acceptors (Lipinski definition) is 4. The summed E-state index contributed by atoms with van der Waals surface area (Å²) in [5.74, 6) is 2.01. The Morgan fingerprint density at radius 1 is 1.28 bits per heavy atom. The number of rotatable bonds is 1. The average molecular weight is 258 g/mol. The van der Waals surface area contributed by atoms with Crippen molar-refractivity contribution < 1.29 is 0 Å². The van der Waals surface area contributed by atoms with Crippen LogP contribution in [-0.4, -0.2) is 19.6 Å². The van der Waals surface area contributed by atoms with Gasteiger partial charge in [0.1, 0.15) is 16.5 Å². The van der Waals surface area contributed by atoms with Gasteiger partial charge in [-0.2, -0.15) is 0 Å². The molecule has 0 saturated carbocycles. The Hall–Kier alpha value is -1.49. The predicted octanol–water partition coefficient (Wildman–Crippen LogP) is 2.70. The van der Waals surface area contributed by atoms with Gasteiger partial charge in [-0.1, -0.05) is 6.92 Å². The van der Waals surface area contributed by atoms with Gasteiger partial charge in [0.25, 0.3) is 0 Å². The first-order valence-corrected chi connectivity index (χ1v) is 7.26. The van der Waals surface area contributed by atoms with Crippen LogP contribution in [0.25, 0.3) is 15.9 Å². The summed E-state index contributed by atoms with van der Waals surface area (Å²) in [5, 5.41) is 9.88.